The number of ether oxygens (including phenoxy) is 1. The van der Waals surface area contributed by atoms with Gasteiger partial charge in [0.05, 0.1) is 10.2 Å². The zero-order valence-corrected chi connectivity index (χ0v) is 14.6. The molecule has 6 heteroatoms. The molecule has 0 aliphatic rings. The number of rotatable bonds is 5. The minimum Gasteiger partial charge on any atom is -0.484 e. The molecule has 3 aromatic rings. The fourth-order valence-electron chi connectivity index (χ4n) is 2.36. The summed E-state index contributed by atoms with van der Waals surface area (Å²) in [4.78, 5) is 16.8. The number of aryl methyl sites for hydroxylation is 1. The average molecular weight is 356 g/mol. The largest absolute Gasteiger partial charge is 0.484 e. The van der Waals surface area contributed by atoms with Gasteiger partial charge in [-0.3, -0.25) is 4.79 Å². The maximum atomic E-state index is 13.4. The number of nitrogens with zero attached hydrogens (tertiary/aromatic N) is 2. The second kappa shape index (κ2) is 7.44. The van der Waals surface area contributed by atoms with Gasteiger partial charge in [0, 0.05) is 6.54 Å². The number of hydrogen-bond acceptors (Lipinski definition) is 3. The van der Waals surface area contributed by atoms with E-state index in [1.54, 1.807) is 12.1 Å². The summed E-state index contributed by atoms with van der Waals surface area (Å²) in [6.45, 7) is 6.03. The van der Waals surface area contributed by atoms with E-state index in [-0.39, 0.29) is 12.4 Å². The summed E-state index contributed by atoms with van der Waals surface area (Å²) in [5.74, 6) is -0.1000. The van der Waals surface area contributed by atoms with Gasteiger partial charge in [-0.1, -0.05) is 35.1 Å². The van der Waals surface area contributed by atoms with Crippen LogP contribution < -0.4 is 9.54 Å². The molecule has 1 aromatic heterocycles. The molecule has 0 saturated heterocycles. The van der Waals surface area contributed by atoms with E-state index in [1.165, 1.54) is 23.5 Å². The Bertz CT molecular complexity index is 987. The summed E-state index contributed by atoms with van der Waals surface area (Å²) >= 11 is 1.26. The van der Waals surface area contributed by atoms with Gasteiger partial charge in [0.25, 0.3) is 5.91 Å². The summed E-state index contributed by atoms with van der Waals surface area (Å²) in [5, 5.41) is 0. The zero-order chi connectivity index (χ0) is 17.8. The van der Waals surface area contributed by atoms with E-state index >= 15 is 0 Å². The lowest BCUT2D eigenvalue weighted by Crippen LogP contribution is -2.19. The first-order chi connectivity index (χ1) is 12.1. The smallest absolute Gasteiger partial charge is 0.286 e. The Balaban J connectivity index is 1.86. The number of thiazole rings is 1. The van der Waals surface area contributed by atoms with Crippen molar-refractivity contribution >= 4 is 27.5 Å². The van der Waals surface area contributed by atoms with Crippen molar-refractivity contribution in [3.05, 3.63) is 71.3 Å². The van der Waals surface area contributed by atoms with E-state index in [0.717, 1.165) is 15.8 Å². The number of amides is 1. The van der Waals surface area contributed by atoms with Crippen LogP contribution in [-0.4, -0.2) is 17.1 Å². The van der Waals surface area contributed by atoms with Crippen molar-refractivity contribution in [3.63, 3.8) is 0 Å². The van der Waals surface area contributed by atoms with Crippen molar-refractivity contribution in [3.8, 4) is 5.75 Å². The molecule has 1 amide bonds. The van der Waals surface area contributed by atoms with Crippen LogP contribution >= 0.6 is 11.3 Å². The first kappa shape index (κ1) is 17.1. The van der Waals surface area contributed by atoms with Crippen molar-refractivity contribution in [2.75, 3.05) is 6.61 Å². The Hall–Kier alpha value is -2.73. The minimum atomic E-state index is -0.398. The van der Waals surface area contributed by atoms with Gasteiger partial charge in [0.1, 0.15) is 11.6 Å². The standard InChI is InChI=1S/C19H17FN2O2S/c1-3-10-22-16-9-6-14(20)11-17(16)25-19(22)21-18(23)12-24-15-7-4-13(2)5-8-15/h3-9,11H,1,10,12H2,2H3. The Morgan fingerprint density at radius 3 is 2.80 bits per heavy atom. The van der Waals surface area contributed by atoms with Crippen molar-refractivity contribution < 1.29 is 13.9 Å². The van der Waals surface area contributed by atoms with Crippen molar-refractivity contribution in [2.45, 2.75) is 13.5 Å². The molecule has 0 aliphatic heterocycles. The van der Waals surface area contributed by atoms with Crippen LogP contribution in [0.4, 0.5) is 4.39 Å². The maximum Gasteiger partial charge on any atom is 0.286 e. The average Bonchev–Trinajstić information content (AvgIpc) is 2.91. The van der Waals surface area contributed by atoms with Crippen LogP contribution in [0.5, 0.6) is 5.75 Å². The fourth-order valence-corrected chi connectivity index (χ4v) is 3.44. The monoisotopic (exact) mass is 356 g/mol. The molecule has 25 heavy (non-hydrogen) atoms. The third-order valence-corrected chi connectivity index (χ3v) is 4.60. The number of allylic oxidation sites excluding steroid dienone is 1. The lowest BCUT2D eigenvalue weighted by molar-refractivity contribution is -0.120. The number of halogens is 1. The van der Waals surface area contributed by atoms with Crippen LogP contribution in [-0.2, 0) is 11.3 Å². The molecule has 0 saturated carbocycles. The van der Waals surface area contributed by atoms with E-state index in [1.807, 2.05) is 35.8 Å². The SMILES string of the molecule is C=CCn1c(=NC(=O)COc2ccc(C)cc2)sc2cc(F)ccc21. The van der Waals surface area contributed by atoms with Crippen molar-refractivity contribution in [1.29, 1.82) is 0 Å². The van der Waals surface area contributed by atoms with Crippen molar-refractivity contribution in [2.24, 2.45) is 4.99 Å². The molecule has 0 atom stereocenters. The molecule has 2 aromatic carbocycles. The highest BCUT2D eigenvalue weighted by Crippen LogP contribution is 2.18. The van der Waals surface area contributed by atoms with Crippen LogP contribution in [0, 0.1) is 12.7 Å². The number of carbonyl (C=O) groups is 1. The van der Waals surface area contributed by atoms with E-state index in [2.05, 4.69) is 11.6 Å². The first-order valence-electron chi connectivity index (χ1n) is 7.73. The molecule has 0 radical (unpaired) electrons. The molecule has 128 valence electrons. The van der Waals surface area contributed by atoms with Crippen LogP contribution in [0.25, 0.3) is 10.2 Å². The summed E-state index contributed by atoms with van der Waals surface area (Å²) < 4.78 is 21.4. The Morgan fingerprint density at radius 2 is 2.08 bits per heavy atom. The van der Waals surface area contributed by atoms with Gasteiger partial charge in [0.2, 0.25) is 0 Å². The third-order valence-electron chi connectivity index (χ3n) is 3.56. The number of benzene rings is 2. The Kier molecular flexibility index (Phi) is 5.09. The van der Waals surface area contributed by atoms with Crippen molar-refractivity contribution in [1.82, 2.24) is 4.57 Å². The molecule has 1 heterocycles. The molecule has 0 unspecified atom stereocenters. The van der Waals surface area contributed by atoms with E-state index < -0.39 is 5.91 Å². The van der Waals surface area contributed by atoms with Crippen LogP contribution in [0.1, 0.15) is 5.56 Å². The molecule has 0 fully saturated rings. The maximum absolute atomic E-state index is 13.4. The number of carbonyl (C=O) groups excluding carboxylic acids is 1. The zero-order valence-electron chi connectivity index (χ0n) is 13.7. The highest BCUT2D eigenvalue weighted by Gasteiger charge is 2.08. The number of aromatic nitrogens is 1. The Morgan fingerprint density at radius 1 is 1.32 bits per heavy atom. The van der Waals surface area contributed by atoms with Gasteiger partial charge < -0.3 is 9.30 Å². The highest BCUT2D eigenvalue weighted by molar-refractivity contribution is 7.16. The summed E-state index contributed by atoms with van der Waals surface area (Å²) in [6, 6.07) is 11.9. The van der Waals surface area contributed by atoms with E-state index in [0.29, 0.717) is 17.1 Å². The van der Waals surface area contributed by atoms with Gasteiger partial charge in [-0.05, 0) is 37.3 Å². The molecule has 0 N–H and O–H groups in total. The number of fused-ring (bicyclic) bond motifs is 1. The van der Waals surface area contributed by atoms with Crippen LogP contribution in [0.2, 0.25) is 0 Å². The predicted molar refractivity (Wildman–Crippen MR) is 97.2 cm³/mol. The van der Waals surface area contributed by atoms with E-state index in [4.69, 9.17) is 4.74 Å². The highest BCUT2D eigenvalue weighted by atomic mass is 32.1. The second-order valence-electron chi connectivity index (χ2n) is 5.50. The predicted octanol–water partition coefficient (Wildman–Crippen LogP) is 3.84. The number of hydrogen-bond donors (Lipinski definition) is 0. The van der Waals surface area contributed by atoms with Gasteiger partial charge in [-0.15, -0.1) is 6.58 Å². The summed E-state index contributed by atoms with van der Waals surface area (Å²) in [5.41, 5.74) is 1.93. The molecule has 0 bridgehead atoms. The van der Waals surface area contributed by atoms with Crippen LogP contribution in [0.3, 0.4) is 0 Å². The molecule has 3 rings (SSSR count). The summed E-state index contributed by atoms with van der Waals surface area (Å²) in [7, 11) is 0. The second-order valence-corrected chi connectivity index (χ2v) is 6.51. The lowest BCUT2D eigenvalue weighted by atomic mass is 10.2. The lowest BCUT2D eigenvalue weighted by Gasteiger charge is -2.03. The molecular weight excluding hydrogens is 339 g/mol. The third kappa shape index (κ3) is 4.03. The minimum absolute atomic E-state index is 0.153. The molecule has 0 aliphatic carbocycles. The first-order valence-corrected chi connectivity index (χ1v) is 8.55. The molecule has 0 spiro atoms. The van der Waals surface area contributed by atoms with Gasteiger partial charge in [-0.25, -0.2) is 4.39 Å². The van der Waals surface area contributed by atoms with Crippen LogP contribution in [0.15, 0.2) is 60.1 Å². The fraction of sp³-hybridized carbons (Fsp3) is 0.158. The molecular formula is C19H17FN2O2S. The summed E-state index contributed by atoms with van der Waals surface area (Å²) in [6.07, 6.45) is 1.71. The topological polar surface area (TPSA) is 43.6 Å². The Labute approximate surface area is 148 Å². The molecule has 4 nitrogen and oxygen atoms in total. The van der Waals surface area contributed by atoms with Gasteiger partial charge >= 0.3 is 0 Å². The van der Waals surface area contributed by atoms with E-state index in [9.17, 15) is 9.18 Å². The van der Waals surface area contributed by atoms with Gasteiger partial charge in [0.15, 0.2) is 11.4 Å². The quantitative estimate of drug-likeness (QED) is 0.652. The normalized spacial score (nSPS) is 11.7. The van der Waals surface area contributed by atoms with Gasteiger partial charge in [-0.2, -0.15) is 4.99 Å².